The van der Waals surface area contributed by atoms with Crippen LogP contribution in [0.1, 0.15) is 33.0 Å². The summed E-state index contributed by atoms with van der Waals surface area (Å²) in [4.78, 5) is 11.5. The third-order valence-corrected chi connectivity index (χ3v) is 4.46. The predicted molar refractivity (Wildman–Crippen MR) is 95.1 cm³/mol. The highest BCUT2D eigenvalue weighted by atomic mass is 15.3. The lowest BCUT2D eigenvalue weighted by atomic mass is 9.92. The number of rotatable bonds is 3. The zero-order valence-electron chi connectivity index (χ0n) is 14.5. The first-order valence-corrected chi connectivity index (χ1v) is 8.32. The molecular weight excluding hydrogens is 286 g/mol. The Balaban J connectivity index is 1.94. The van der Waals surface area contributed by atoms with Crippen molar-refractivity contribution in [1.82, 2.24) is 15.3 Å². The van der Waals surface area contributed by atoms with E-state index in [-0.39, 0.29) is 5.41 Å². The molecule has 3 rings (SSSR count). The van der Waals surface area contributed by atoms with Crippen molar-refractivity contribution in [2.45, 2.75) is 39.7 Å². The van der Waals surface area contributed by atoms with Gasteiger partial charge in [-0.3, -0.25) is 0 Å². The molecule has 1 aliphatic heterocycles. The summed E-state index contributed by atoms with van der Waals surface area (Å²) in [5.41, 5.74) is 7.52. The van der Waals surface area contributed by atoms with Crippen molar-refractivity contribution in [3.8, 4) is 0 Å². The fraction of sp³-hybridized carbons (Fsp3) is 0.556. The van der Waals surface area contributed by atoms with E-state index in [1.165, 1.54) is 5.70 Å². The maximum atomic E-state index is 6.05. The molecule has 124 valence electrons. The predicted octanol–water partition coefficient (Wildman–Crippen LogP) is 2.52. The van der Waals surface area contributed by atoms with Crippen molar-refractivity contribution in [1.29, 1.82) is 0 Å². The van der Waals surface area contributed by atoms with E-state index >= 15 is 0 Å². The quantitative estimate of drug-likeness (QED) is 0.897. The van der Waals surface area contributed by atoms with Crippen LogP contribution in [0.2, 0.25) is 0 Å². The molecule has 1 aliphatic carbocycles. The smallest absolute Gasteiger partial charge is 0.138 e. The molecule has 1 fully saturated rings. The van der Waals surface area contributed by atoms with Gasteiger partial charge in [-0.15, -0.1) is 0 Å². The molecule has 0 saturated carbocycles. The number of hydrogen-bond acceptors (Lipinski definition) is 5. The van der Waals surface area contributed by atoms with Gasteiger partial charge >= 0.3 is 0 Å². The molecule has 0 spiro atoms. The molecule has 0 bridgehead atoms. The van der Waals surface area contributed by atoms with E-state index in [1.54, 1.807) is 0 Å². The first-order valence-electron chi connectivity index (χ1n) is 8.32. The minimum atomic E-state index is 0.138. The van der Waals surface area contributed by atoms with Crippen LogP contribution in [0.25, 0.3) is 0 Å². The van der Waals surface area contributed by atoms with E-state index in [4.69, 9.17) is 10.7 Å². The molecular formula is C18H27N5. The lowest BCUT2D eigenvalue weighted by molar-refractivity contribution is 0.401. The van der Waals surface area contributed by atoms with Crippen LogP contribution in [-0.4, -0.2) is 29.6 Å². The molecule has 2 atom stereocenters. The number of nitrogens with one attached hydrogen (secondary N) is 1. The molecule has 3 N–H and O–H groups in total. The zero-order chi connectivity index (χ0) is 16.6. The van der Waals surface area contributed by atoms with Crippen LogP contribution in [0, 0.1) is 11.3 Å². The third kappa shape index (κ3) is 3.39. The lowest BCUT2D eigenvalue weighted by Crippen LogP contribution is -2.33. The van der Waals surface area contributed by atoms with E-state index in [0.717, 1.165) is 31.0 Å². The number of aromatic nitrogens is 2. The van der Waals surface area contributed by atoms with Gasteiger partial charge in [-0.25, -0.2) is 9.97 Å². The molecule has 5 nitrogen and oxygen atoms in total. The maximum Gasteiger partial charge on any atom is 0.138 e. The summed E-state index contributed by atoms with van der Waals surface area (Å²) in [5.74, 6) is 2.79. The topological polar surface area (TPSA) is 67.1 Å². The molecule has 0 aromatic carbocycles. The number of anilines is 2. The van der Waals surface area contributed by atoms with Crippen LogP contribution in [0.15, 0.2) is 30.0 Å². The fourth-order valence-electron chi connectivity index (χ4n) is 3.44. The summed E-state index contributed by atoms with van der Waals surface area (Å²) in [6, 6.07) is 2.33. The largest absolute Gasteiger partial charge is 0.384 e. The Morgan fingerprint density at radius 3 is 2.83 bits per heavy atom. The van der Waals surface area contributed by atoms with E-state index in [1.807, 2.05) is 13.1 Å². The maximum absolute atomic E-state index is 6.05. The summed E-state index contributed by atoms with van der Waals surface area (Å²) in [6.07, 6.45) is 8.46. The standard InChI is InChI=1S/C18H27N5/c1-18(2,3)10-16-21-15(19)9-17(22-16)23-11-13(20-4)12-7-5-6-8-14(12)23/h5-6,8-9,12-13,20H,7,10-11H2,1-4H3,(H2,19,21,22). The number of hydrogen-bond donors (Lipinski definition) is 2. The monoisotopic (exact) mass is 313 g/mol. The number of allylic oxidation sites excluding steroid dienone is 3. The van der Waals surface area contributed by atoms with Gasteiger partial charge in [0.25, 0.3) is 0 Å². The molecule has 1 aromatic heterocycles. The Morgan fingerprint density at radius 1 is 1.35 bits per heavy atom. The highest BCUT2D eigenvalue weighted by molar-refractivity contribution is 5.56. The Morgan fingerprint density at radius 2 is 2.13 bits per heavy atom. The van der Waals surface area contributed by atoms with Crippen LogP contribution in [0.3, 0.4) is 0 Å². The summed E-state index contributed by atoms with van der Waals surface area (Å²) in [6.45, 7) is 7.49. The van der Waals surface area contributed by atoms with Gasteiger partial charge in [-0.1, -0.05) is 32.9 Å². The summed E-state index contributed by atoms with van der Waals surface area (Å²) >= 11 is 0. The molecule has 0 radical (unpaired) electrons. The van der Waals surface area contributed by atoms with Gasteiger partial charge in [0.15, 0.2) is 0 Å². The SMILES string of the molecule is CNC1CN(c2cc(N)nc(CC(C)(C)C)n2)C2=CC=CCC21. The van der Waals surface area contributed by atoms with Gasteiger partial charge in [0, 0.05) is 36.7 Å². The Kier molecular flexibility index (Phi) is 4.15. The van der Waals surface area contributed by atoms with Crippen molar-refractivity contribution in [2.75, 3.05) is 24.2 Å². The number of fused-ring (bicyclic) bond motifs is 1. The van der Waals surface area contributed by atoms with E-state index in [0.29, 0.717) is 17.8 Å². The molecule has 0 amide bonds. The molecule has 1 aromatic rings. The second-order valence-electron chi connectivity index (χ2n) is 7.67. The first-order chi connectivity index (χ1) is 10.9. The summed E-state index contributed by atoms with van der Waals surface area (Å²) in [7, 11) is 2.03. The van der Waals surface area contributed by atoms with Crippen LogP contribution < -0.4 is 16.0 Å². The second-order valence-corrected chi connectivity index (χ2v) is 7.67. The highest BCUT2D eigenvalue weighted by Crippen LogP contribution is 2.37. The van der Waals surface area contributed by atoms with Gasteiger partial charge in [0.1, 0.15) is 17.5 Å². The van der Waals surface area contributed by atoms with Gasteiger partial charge in [0.05, 0.1) is 0 Å². The van der Waals surface area contributed by atoms with Crippen LogP contribution in [0.4, 0.5) is 11.6 Å². The minimum absolute atomic E-state index is 0.138. The Labute approximate surface area is 138 Å². The normalized spacial score (nSPS) is 23.8. The van der Waals surface area contributed by atoms with Gasteiger partial charge in [-0.05, 0) is 25.0 Å². The van der Waals surface area contributed by atoms with E-state index < -0.39 is 0 Å². The number of nitrogens with zero attached hydrogens (tertiary/aromatic N) is 3. The second kappa shape index (κ2) is 5.96. The van der Waals surface area contributed by atoms with Gasteiger partial charge in [0.2, 0.25) is 0 Å². The Hall–Kier alpha value is -1.88. The number of nitrogen functional groups attached to an aromatic ring is 1. The van der Waals surface area contributed by atoms with Crippen molar-refractivity contribution in [2.24, 2.45) is 11.3 Å². The van der Waals surface area contributed by atoms with Gasteiger partial charge < -0.3 is 16.0 Å². The highest BCUT2D eigenvalue weighted by Gasteiger charge is 2.37. The zero-order valence-corrected chi connectivity index (χ0v) is 14.5. The molecule has 23 heavy (non-hydrogen) atoms. The fourth-order valence-corrected chi connectivity index (χ4v) is 3.44. The molecule has 1 saturated heterocycles. The number of nitrogens with two attached hydrogens (primary N) is 1. The summed E-state index contributed by atoms with van der Waals surface area (Å²) < 4.78 is 0. The molecule has 2 unspecified atom stereocenters. The third-order valence-electron chi connectivity index (χ3n) is 4.46. The van der Waals surface area contributed by atoms with Crippen molar-refractivity contribution < 1.29 is 0 Å². The Bertz CT molecular complexity index is 641. The van der Waals surface area contributed by atoms with Crippen molar-refractivity contribution >= 4 is 11.6 Å². The van der Waals surface area contributed by atoms with Gasteiger partial charge in [-0.2, -0.15) is 0 Å². The average molecular weight is 313 g/mol. The number of likely N-dealkylation sites (N-methyl/N-ethyl adjacent to an activating group) is 1. The van der Waals surface area contributed by atoms with E-state index in [2.05, 4.69) is 54.2 Å². The van der Waals surface area contributed by atoms with E-state index in [9.17, 15) is 0 Å². The lowest BCUT2D eigenvalue weighted by Gasteiger charge is -2.24. The minimum Gasteiger partial charge on any atom is -0.384 e. The molecule has 2 heterocycles. The average Bonchev–Trinajstić information content (AvgIpc) is 2.83. The summed E-state index contributed by atoms with van der Waals surface area (Å²) in [5, 5.41) is 3.44. The van der Waals surface area contributed by atoms with Crippen molar-refractivity contribution in [3.63, 3.8) is 0 Å². The van der Waals surface area contributed by atoms with Crippen LogP contribution in [0.5, 0.6) is 0 Å². The van der Waals surface area contributed by atoms with Crippen LogP contribution in [-0.2, 0) is 6.42 Å². The van der Waals surface area contributed by atoms with Crippen LogP contribution >= 0.6 is 0 Å². The molecule has 5 heteroatoms. The molecule has 2 aliphatic rings. The van der Waals surface area contributed by atoms with Crippen molar-refractivity contribution in [3.05, 3.63) is 35.8 Å². The first kappa shape index (κ1) is 16.0.